The van der Waals surface area contributed by atoms with Gasteiger partial charge in [-0.15, -0.1) is 0 Å². The van der Waals surface area contributed by atoms with Gasteiger partial charge in [-0.1, -0.05) is 18.2 Å². The molecule has 2 fully saturated rings. The van der Waals surface area contributed by atoms with Gasteiger partial charge in [0.1, 0.15) is 5.69 Å². The quantitative estimate of drug-likeness (QED) is 0.833. The molecule has 1 unspecified atom stereocenters. The number of aromatic nitrogens is 2. The molecule has 1 aromatic heterocycles. The van der Waals surface area contributed by atoms with Crippen molar-refractivity contribution >= 4 is 11.6 Å². The first-order chi connectivity index (χ1) is 13.2. The highest BCUT2D eigenvalue weighted by atomic mass is 16.5. The van der Waals surface area contributed by atoms with Crippen LogP contribution < -0.4 is 4.90 Å². The van der Waals surface area contributed by atoms with E-state index in [1.54, 1.807) is 12.4 Å². The van der Waals surface area contributed by atoms with Crippen LogP contribution in [-0.4, -0.2) is 58.7 Å². The highest BCUT2D eigenvalue weighted by Crippen LogP contribution is 2.38. The summed E-state index contributed by atoms with van der Waals surface area (Å²) < 4.78 is 6.32. The maximum Gasteiger partial charge on any atom is 0.274 e. The van der Waals surface area contributed by atoms with Crippen molar-refractivity contribution in [2.75, 3.05) is 31.1 Å². The summed E-state index contributed by atoms with van der Waals surface area (Å²) in [5, 5.41) is 0. The molecule has 1 spiro atoms. The normalized spacial score (nSPS) is 21.4. The number of likely N-dealkylation sites (tertiary alicyclic amines) is 1. The molecule has 2 saturated heterocycles. The number of rotatable bonds is 4. The van der Waals surface area contributed by atoms with Crippen LogP contribution in [0.4, 0.5) is 5.69 Å². The molecule has 3 heterocycles. The molecule has 0 saturated carbocycles. The number of ether oxygens (including phenoxy) is 1. The first-order valence-corrected chi connectivity index (χ1v) is 9.72. The number of anilines is 1. The van der Waals surface area contributed by atoms with Crippen LogP contribution in [0.15, 0.2) is 48.9 Å². The molecule has 1 atom stereocenters. The van der Waals surface area contributed by atoms with Gasteiger partial charge in [-0.2, -0.15) is 0 Å². The maximum absolute atomic E-state index is 12.6. The molecule has 2 aliphatic heterocycles. The molecule has 0 aliphatic carbocycles. The minimum Gasteiger partial charge on any atom is -0.373 e. The summed E-state index contributed by atoms with van der Waals surface area (Å²) >= 11 is 0. The first kappa shape index (κ1) is 17.9. The van der Waals surface area contributed by atoms with Crippen molar-refractivity contribution in [3.05, 3.63) is 54.6 Å². The molecule has 27 heavy (non-hydrogen) atoms. The van der Waals surface area contributed by atoms with Gasteiger partial charge in [-0.25, -0.2) is 4.98 Å². The molecule has 6 nitrogen and oxygen atoms in total. The Morgan fingerprint density at radius 1 is 1.26 bits per heavy atom. The van der Waals surface area contributed by atoms with E-state index in [1.165, 1.54) is 11.9 Å². The predicted octanol–water partition coefficient (Wildman–Crippen LogP) is 2.77. The molecule has 0 N–H and O–H groups in total. The maximum atomic E-state index is 12.6. The van der Waals surface area contributed by atoms with Gasteiger partial charge in [0.05, 0.1) is 24.4 Å². The second-order valence-corrected chi connectivity index (χ2v) is 7.36. The lowest BCUT2D eigenvalue weighted by Crippen LogP contribution is -2.47. The summed E-state index contributed by atoms with van der Waals surface area (Å²) in [5.41, 5.74) is 1.56. The SMILES string of the molecule is CCN(c1ccccc1)C1COC2(CCN(C(=O)c3cnccn3)CC2)C1. The molecule has 2 aromatic rings. The van der Waals surface area contributed by atoms with E-state index in [-0.39, 0.29) is 11.5 Å². The monoisotopic (exact) mass is 366 g/mol. The van der Waals surface area contributed by atoms with Crippen molar-refractivity contribution in [1.29, 1.82) is 0 Å². The number of para-hydroxylation sites is 1. The van der Waals surface area contributed by atoms with Gasteiger partial charge in [-0.3, -0.25) is 9.78 Å². The number of carbonyl (C=O) groups excluding carboxylic acids is 1. The minimum absolute atomic E-state index is 0.0352. The topological polar surface area (TPSA) is 58.6 Å². The van der Waals surface area contributed by atoms with Crippen LogP contribution in [0.1, 0.15) is 36.7 Å². The van der Waals surface area contributed by atoms with Crippen molar-refractivity contribution < 1.29 is 9.53 Å². The average molecular weight is 366 g/mol. The molecule has 1 aromatic carbocycles. The number of benzene rings is 1. The van der Waals surface area contributed by atoms with Crippen LogP contribution >= 0.6 is 0 Å². The van der Waals surface area contributed by atoms with Crippen LogP contribution in [0.25, 0.3) is 0 Å². The van der Waals surface area contributed by atoms with Crippen molar-refractivity contribution in [3.8, 4) is 0 Å². The van der Waals surface area contributed by atoms with Gasteiger partial charge in [-0.05, 0) is 38.3 Å². The fourth-order valence-electron chi connectivity index (χ4n) is 4.33. The number of hydrogen-bond acceptors (Lipinski definition) is 5. The smallest absolute Gasteiger partial charge is 0.274 e. The third kappa shape index (κ3) is 3.67. The fraction of sp³-hybridized carbons (Fsp3) is 0.476. The highest BCUT2D eigenvalue weighted by Gasteiger charge is 2.45. The van der Waals surface area contributed by atoms with Crippen molar-refractivity contribution in [2.45, 2.75) is 37.8 Å². The van der Waals surface area contributed by atoms with Crippen molar-refractivity contribution in [1.82, 2.24) is 14.9 Å². The molecule has 0 bridgehead atoms. The zero-order valence-corrected chi connectivity index (χ0v) is 15.8. The van der Waals surface area contributed by atoms with Gasteiger partial charge in [0.25, 0.3) is 5.91 Å². The van der Waals surface area contributed by atoms with E-state index in [0.717, 1.165) is 32.4 Å². The second-order valence-electron chi connectivity index (χ2n) is 7.36. The predicted molar refractivity (Wildman–Crippen MR) is 104 cm³/mol. The lowest BCUT2D eigenvalue weighted by atomic mass is 9.87. The van der Waals surface area contributed by atoms with Crippen molar-refractivity contribution in [2.24, 2.45) is 0 Å². The minimum atomic E-state index is -0.105. The third-order valence-corrected chi connectivity index (χ3v) is 5.80. The lowest BCUT2D eigenvalue weighted by molar-refractivity contribution is -0.0389. The molecule has 142 valence electrons. The Morgan fingerprint density at radius 3 is 2.70 bits per heavy atom. The van der Waals surface area contributed by atoms with E-state index in [0.29, 0.717) is 24.8 Å². The van der Waals surface area contributed by atoms with Crippen LogP contribution in [0.3, 0.4) is 0 Å². The summed E-state index contributed by atoms with van der Waals surface area (Å²) in [6, 6.07) is 10.9. The zero-order chi connectivity index (χ0) is 18.7. The molecule has 6 heteroatoms. The van der Waals surface area contributed by atoms with Gasteiger partial charge in [0.15, 0.2) is 0 Å². The molecular weight excluding hydrogens is 340 g/mol. The summed E-state index contributed by atoms with van der Waals surface area (Å²) in [5.74, 6) is -0.0352. The Morgan fingerprint density at radius 2 is 2.04 bits per heavy atom. The number of carbonyl (C=O) groups is 1. The number of hydrogen-bond donors (Lipinski definition) is 0. The molecule has 0 radical (unpaired) electrons. The van der Waals surface area contributed by atoms with Gasteiger partial charge in [0.2, 0.25) is 0 Å². The largest absolute Gasteiger partial charge is 0.373 e. The molecular formula is C21H26N4O2. The van der Waals surface area contributed by atoms with Crippen LogP contribution in [0, 0.1) is 0 Å². The standard InChI is InChI=1S/C21H26N4O2/c1-2-25(17-6-4-3-5-7-17)18-14-21(27-16-18)8-12-24(13-9-21)20(26)19-15-22-10-11-23-19/h3-7,10-11,15,18H,2,8-9,12-14,16H2,1H3. The van der Waals surface area contributed by atoms with E-state index in [9.17, 15) is 4.79 Å². The van der Waals surface area contributed by atoms with Crippen LogP contribution in [0.2, 0.25) is 0 Å². The molecule has 1 amide bonds. The van der Waals surface area contributed by atoms with Crippen molar-refractivity contribution in [3.63, 3.8) is 0 Å². The van der Waals surface area contributed by atoms with Crippen LogP contribution in [0.5, 0.6) is 0 Å². The Hall–Kier alpha value is -2.47. The highest BCUT2D eigenvalue weighted by molar-refractivity contribution is 5.92. The first-order valence-electron chi connectivity index (χ1n) is 9.72. The van der Waals surface area contributed by atoms with E-state index >= 15 is 0 Å². The second kappa shape index (κ2) is 7.64. The third-order valence-electron chi connectivity index (χ3n) is 5.80. The van der Waals surface area contributed by atoms with E-state index < -0.39 is 0 Å². The van der Waals surface area contributed by atoms with E-state index in [1.807, 2.05) is 11.0 Å². The molecule has 2 aliphatic rings. The zero-order valence-electron chi connectivity index (χ0n) is 15.8. The Kier molecular flexibility index (Phi) is 5.07. The average Bonchev–Trinajstić information content (AvgIpc) is 3.13. The number of nitrogens with zero attached hydrogens (tertiary/aromatic N) is 4. The lowest BCUT2D eigenvalue weighted by Gasteiger charge is -2.39. The number of piperidine rings is 1. The van der Waals surface area contributed by atoms with E-state index in [2.05, 4.69) is 46.1 Å². The Labute approximate surface area is 160 Å². The number of amides is 1. The summed E-state index contributed by atoms with van der Waals surface area (Å²) in [6.07, 6.45) is 7.45. The Bertz CT molecular complexity index is 760. The van der Waals surface area contributed by atoms with Crippen LogP contribution in [-0.2, 0) is 4.74 Å². The summed E-state index contributed by atoms with van der Waals surface area (Å²) in [4.78, 5) is 25.0. The number of likely N-dealkylation sites (N-methyl/N-ethyl adjacent to an activating group) is 1. The summed E-state index contributed by atoms with van der Waals surface area (Å²) in [6.45, 7) is 5.32. The molecule has 4 rings (SSSR count). The fourth-order valence-corrected chi connectivity index (χ4v) is 4.33. The van der Waals surface area contributed by atoms with Gasteiger partial charge < -0.3 is 14.5 Å². The van der Waals surface area contributed by atoms with Gasteiger partial charge in [0, 0.05) is 37.7 Å². The van der Waals surface area contributed by atoms with E-state index in [4.69, 9.17) is 4.74 Å². The summed E-state index contributed by atoms with van der Waals surface area (Å²) in [7, 11) is 0. The Balaban J connectivity index is 1.38. The van der Waals surface area contributed by atoms with Gasteiger partial charge >= 0.3 is 0 Å².